The third kappa shape index (κ3) is 4.95. The maximum absolute atomic E-state index is 13.5. The molecule has 0 spiro atoms. The highest BCUT2D eigenvalue weighted by Crippen LogP contribution is 2.31. The molecule has 1 atom stereocenters. The lowest BCUT2D eigenvalue weighted by Crippen LogP contribution is -2.38. The van der Waals surface area contributed by atoms with Crippen molar-refractivity contribution in [1.29, 1.82) is 0 Å². The van der Waals surface area contributed by atoms with Gasteiger partial charge in [-0.15, -0.1) is 0 Å². The molecule has 1 aliphatic rings. The number of carbonyl (C=O) groups excluding carboxylic acids is 1. The number of ether oxygens (including phenoxy) is 2. The highest BCUT2D eigenvalue weighted by molar-refractivity contribution is 7.99. The van der Waals surface area contributed by atoms with Crippen LogP contribution in [0.2, 0.25) is 0 Å². The molecule has 2 heterocycles. The van der Waals surface area contributed by atoms with Gasteiger partial charge in [-0.1, -0.05) is 48.2 Å². The lowest BCUT2D eigenvalue weighted by atomic mass is 10.2. The molecule has 4 aromatic rings. The quantitative estimate of drug-likeness (QED) is 0.270. The van der Waals surface area contributed by atoms with Gasteiger partial charge in [0.05, 0.1) is 23.2 Å². The average molecular weight is 502 g/mol. The summed E-state index contributed by atoms with van der Waals surface area (Å²) in [7, 11) is 0. The molecule has 0 saturated heterocycles. The monoisotopic (exact) mass is 501 g/mol. The van der Waals surface area contributed by atoms with E-state index in [1.54, 1.807) is 15.5 Å². The Labute approximate surface area is 213 Å². The lowest BCUT2D eigenvalue weighted by molar-refractivity contribution is -0.116. The molecule has 0 aliphatic carbocycles. The summed E-state index contributed by atoms with van der Waals surface area (Å²) in [5, 5.41) is 1.01. The Bertz CT molecular complexity index is 1470. The Morgan fingerprint density at radius 2 is 1.86 bits per heavy atom. The molecule has 8 heteroatoms. The van der Waals surface area contributed by atoms with Gasteiger partial charge >= 0.3 is 0 Å². The maximum atomic E-state index is 13.5. The molecule has 0 radical (unpaired) electrons. The van der Waals surface area contributed by atoms with Gasteiger partial charge in [-0.3, -0.25) is 14.2 Å². The van der Waals surface area contributed by atoms with Crippen molar-refractivity contribution in [3.8, 4) is 11.5 Å². The number of carbonyl (C=O) groups is 1. The first-order valence-electron chi connectivity index (χ1n) is 11.9. The number of anilines is 1. The van der Waals surface area contributed by atoms with Crippen molar-refractivity contribution in [2.75, 3.05) is 23.8 Å². The van der Waals surface area contributed by atoms with E-state index in [-0.39, 0.29) is 29.9 Å². The zero-order chi connectivity index (χ0) is 25.1. The average Bonchev–Trinajstić information content (AvgIpc) is 2.90. The van der Waals surface area contributed by atoms with Gasteiger partial charge in [0, 0.05) is 12.2 Å². The molecule has 0 bridgehead atoms. The summed E-state index contributed by atoms with van der Waals surface area (Å²) in [4.78, 5) is 33.2. The normalized spacial score (nSPS) is 14.6. The molecule has 1 amide bonds. The van der Waals surface area contributed by atoms with E-state index in [1.165, 1.54) is 11.8 Å². The number of fused-ring (bicyclic) bond motifs is 2. The maximum Gasteiger partial charge on any atom is 0.262 e. The van der Waals surface area contributed by atoms with Crippen molar-refractivity contribution in [2.24, 2.45) is 0 Å². The lowest BCUT2D eigenvalue weighted by Gasteiger charge is -2.27. The van der Waals surface area contributed by atoms with Gasteiger partial charge in [-0.25, -0.2) is 4.98 Å². The Morgan fingerprint density at radius 1 is 1.08 bits per heavy atom. The van der Waals surface area contributed by atoms with E-state index in [0.29, 0.717) is 40.7 Å². The predicted molar refractivity (Wildman–Crippen MR) is 142 cm³/mol. The first-order valence-corrected chi connectivity index (χ1v) is 12.9. The van der Waals surface area contributed by atoms with Gasteiger partial charge in [0.25, 0.3) is 5.56 Å². The standard InChI is InChI=1S/C28H27N3O4S/c1-3-30(20-10-8-9-19(2)15-20)26(32)18-36-28-29-23-12-5-4-11-22(23)27(33)31(28)16-21-17-34-24-13-6-7-14-25(24)35-21/h4-15,21H,3,16-18H2,1-2H3/t21-/m1/s1. The molecule has 0 unspecified atom stereocenters. The number of para-hydroxylation sites is 3. The number of thioether (sulfide) groups is 1. The Balaban J connectivity index is 1.41. The number of hydrogen-bond acceptors (Lipinski definition) is 6. The zero-order valence-corrected chi connectivity index (χ0v) is 21.0. The second-order valence-electron chi connectivity index (χ2n) is 8.59. The Kier molecular flexibility index (Phi) is 6.95. The molecule has 5 rings (SSSR count). The summed E-state index contributed by atoms with van der Waals surface area (Å²) >= 11 is 1.27. The van der Waals surface area contributed by atoms with Crippen molar-refractivity contribution < 1.29 is 14.3 Å². The molecule has 3 aromatic carbocycles. The summed E-state index contributed by atoms with van der Waals surface area (Å²) in [6.45, 7) is 5.08. The van der Waals surface area contributed by atoms with Gasteiger partial charge in [-0.05, 0) is 55.8 Å². The zero-order valence-electron chi connectivity index (χ0n) is 20.2. The van der Waals surface area contributed by atoms with E-state index in [0.717, 1.165) is 11.3 Å². The van der Waals surface area contributed by atoms with Gasteiger partial charge in [0.1, 0.15) is 6.61 Å². The van der Waals surface area contributed by atoms with Crippen LogP contribution < -0.4 is 19.9 Å². The molecule has 0 saturated carbocycles. The molecule has 1 aromatic heterocycles. The molecular weight excluding hydrogens is 474 g/mol. The molecule has 0 fully saturated rings. The molecule has 7 nitrogen and oxygen atoms in total. The smallest absolute Gasteiger partial charge is 0.262 e. The van der Waals surface area contributed by atoms with Crippen LogP contribution in [-0.2, 0) is 11.3 Å². The fraction of sp³-hybridized carbons (Fsp3) is 0.250. The van der Waals surface area contributed by atoms with Crippen molar-refractivity contribution in [2.45, 2.75) is 31.7 Å². The Hall–Kier alpha value is -3.78. The van der Waals surface area contributed by atoms with Gasteiger partial charge in [0.15, 0.2) is 22.8 Å². The first kappa shape index (κ1) is 23.9. The molecule has 1 aliphatic heterocycles. The number of rotatable bonds is 7. The van der Waals surface area contributed by atoms with Crippen molar-refractivity contribution in [3.63, 3.8) is 0 Å². The summed E-state index contributed by atoms with van der Waals surface area (Å²) < 4.78 is 13.6. The van der Waals surface area contributed by atoms with E-state index in [9.17, 15) is 9.59 Å². The second-order valence-corrected chi connectivity index (χ2v) is 9.53. The molecule has 36 heavy (non-hydrogen) atoms. The minimum absolute atomic E-state index is 0.0479. The van der Waals surface area contributed by atoms with Crippen LogP contribution in [-0.4, -0.2) is 40.5 Å². The van der Waals surface area contributed by atoms with E-state index in [2.05, 4.69) is 0 Å². The number of nitrogens with zero attached hydrogens (tertiary/aromatic N) is 3. The van der Waals surface area contributed by atoms with E-state index in [4.69, 9.17) is 14.5 Å². The molecule has 184 valence electrons. The van der Waals surface area contributed by atoms with Crippen LogP contribution in [0, 0.1) is 6.92 Å². The Morgan fingerprint density at radius 3 is 2.67 bits per heavy atom. The van der Waals surface area contributed by atoms with Gasteiger partial charge < -0.3 is 14.4 Å². The minimum Gasteiger partial charge on any atom is -0.486 e. The molecule has 0 N–H and O–H groups in total. The summed E-state index contributed by atoms with van der Waals surface area (Å²) in [6, 6.07) is 22.6. The topological polar surface area (TPSA) is 73.7 Å². The third-order valence-electron chi connectivity index (χ3n) is 6.04. The van der Waals surface area contributed by atoms with E-state index in [1.807, 2.05) is 80.6 Å². The fourth-order valence-electron chi connectivity index (χ4n) is 4.28. The van der Waals surface area contributed by atoms with Gasteiger partial charge in [0.2, 0.25) is 5.91 Å². The summed E-state index contributed by atoms with van der Waals surface area (Å²) in [6.07, 6.45) is -0.366. The van der Waals surface area contributed by atoms with Gasteiger partial charge in [-0.2, -0.15) is 0 Å². The number of benzene rings is 3. The summed E-state index contributed by atoms with van der Waals surface area (Å²) in [5.74, 6) is 1.44. The summed E-state index contributed by atoms with van der Waals surface area (Å²) in [5.41, 5.74) is 2.39. The number of aryl methyl sites for hydroxylation is 1. The van der Waals surface area contributed by atoms with Crippen LogP contribution in [0.3, 0.4) is 0 Å². The van der Waals surface area contributed by atoms with E-state index >= 15 is 0 Å². The SMILES string of the molecule is CCN(C(=O)CSc1nc2ccccc2c(=O)n1C[C@@H]1COc2ccccc2O1)c1cccc(C)c1. The number of amides is 1. The van der Waals surface area contributed by atoms with Crippen LogP contribution in [0.5, 0.6) is 11.5 Å². The van der Waals surface area contributed by atoms with Crippen molar-refractivity contribution in [3.05, 3.63) is 88.7 Å². The highest BCUT2D eigenvalue weighted by atomic mass is 32.2. The van der Waals surface area contributed by atoms with Crippen molar-refractivity contribution in [1.82, 2.24) is 9.55 Å². The molecular formula is C28H27N3O4S. The van der Waals surface area contributed by atoms with Crippen LogP contribution in [0.15, 0.2) is 82.7 Å². The third-order valence-corrected chi connectivity index (χ3v) is 7.00. The number of aromatic nitrogens is 2. The first-order chi connectivity index (χ1) is 17.5. The van der Waals surface area contributed by atoms with Crippen LogP contribution in [0.4, 0.5) is 5.69 Å². The van der Waals surface area contributed by atoms with Crippen LogP contribution in [0.1, 0.15) is 12.5 Å². The highest BCUT2D eigenvalue weighted by Gasteiger charge is 2.24. The fourth-order valence-corrected chi connectivity index (χ4v) is 5.16. The minimum atomic E-state index is -0.366. The number of hydrogen-bond donors (Lipinski definition) is 0. The largest absolute Gasteiger partial charge is 0.486 e. The van der Waals surface area contributed by atoms with Crippen LogP contribution in [0.25, 0.3) is 10.9 Å². The predicted octanol–water partition coefficient (Wildman–Crippen LogP) is 4.69. The van der Waals surface area contributed by atoms with Crippen LogP contribution >= 0.6 is 11.8 Å². The van der Waals surface area contributed by atoms with E-state index < -0.39 is 0 Å². The van der Waals surface area contributed by atoms with Crippen molar-refractivity contribution >= 4 is 34.3 Å². The second kappa shape index (κ2) is 10.5.